The largest absolute Gasteiger partial charge is 0.373 e. The second-order valence-corrected chi connectivity index (χ2v) is 3.89. The van der Waals surface area contributed by atoms with E-state index in [9.17, 15) is 9.90 Å². The summed E-state index contributed by atoms with van der Waals surface area (Å²) < 4.78 is 0. The number of carbonyl (C=O) groups excluding carboxylic acids is 1. The topological polar surface area (TPSA) is 61.4 Å². The van der Waals surface area contributed by atoms with Crippen molar-refractivity contribution < 1.29 is 9.90 Å². The van der Waals surface area contributed by atoms with Crippen molar-refractivity contribution in [2.45, 2.75) is 27.0 Å². The molecule has 2 amide bonds. The zero-order valence-electron chi connectivity index (χ0n) is 7.72. The summed E-state index contributed by atoms with van der Waals surface area (Å²) >= 11 is 0. The first-order chi connectivity index (χ1) is 5.47. The van der Waals surface area contributed by atoms with Crippen LogP contribution in [0.5, 0.6) is 0 Å². The van der Waals surface area contributed by atoms with E-state index in [1.165, 1.54) is 0 Å². The van der Waals surface area contributed by atoms with E-state index in [2.05, 4.69) is 10.6 Å². The highest BCUT2D eigenvalue weighted by molar-refractivity contribution is 5.75. The molecule has 0 aromatic carbocycles. The monoisotopic (exact) mass is 172 g/mol. The molecule has 1 aliphatic heterocycles. The Labute approximate surface area is 72.3 Å². The van der Waals surface area contributed by atoms with Gasteiger partial charge in [0.15, 0.2) is 0 Å². The quantitative estimate of drug-likeness (QED) is 0.532. The minimum absolute atomic E-state index is 0.270. The summed E-state index contributed by atoms with van der Waals surface area (Å²) in [6, 6.07) is -0.291. The molecule has 4 heteroatoms. The zero-order valence-corrected chi connectivity index (χ0v) is 7.72. The molecule has 1 heterocycles. The van der Waals surface area contributed by atoms with Gasteiger partial charge in [-0.2, -0.15) is 0 Å². The van der Waals surface area contributed by atoms with Crippen LogP contribution in [0.3, 0.4) is 0 Å². The van der Waals surface area contributed by atoms with Crippen molar-refractivity contribution in [3.8, 4) is 0 Å². The van der Waals surface area contributed by atoms with Crippen LogP contribution in [0.15, 0.2) is 0 Å². The molecule has 0 aromatic rings. The lowest BCUT2D eigenvalue weighted by Gasteiger charge is -2.41. The number of hydrogen-bond acceptors (Lipinski definition) is 2. The molecule has 0 aromatic heterocycles. The van der Waals surface area contributed by atoms with E-state index in [0.717, 1.165) is 0 Å². The maximum Gasteiger partial charge on any atom is 0.316 e. The van der Waals surface area contributed by atoms with Gasteiger partial charge in [0.05, 0.1) is 0 Å². The zero-order chi connectivity index (χ0) is 9.35. The van der Waals surface area contributed by atoms with Crippen molar-refractivity contribution in [3.05, 3.63) is 0 Å². The lowest BCUT2D eigenvalue weighted by atomic mass is 9.76. The van der Waals surface area contributed by atoms with Crippen molar-refractivity contribution in [2.24, 2.45) is 11.3 Å². The van der Waals surface area contributed by atoms with Crippen LogP contribution in [0.1, 0.15) is 20.8 Å². The highest BCUT2D eigenvalue weighted by Crippen LogP contribution is 2.30. The standard InChI is InChI=1S/C8H16N2O2/c1-5(2)8(3)4-9-7(12)10-6(8)11/h5-6,11H,4H2,1-3H3,(H2,9,10,12). The fourth-order valence-electron chi connectivity index (χ4n) is 1.23. The fourth-order valence-corrected chi connectivity index (χ4v) is 1.23. The van der Waals surface area contributed by atoms with Gasteiger partial charge in [0.25, 0.3) is 0 Å². The van der Waals surface area contributed by atoms with Gasteiger partial charge >= 0.3 is 6.03 Å². The first-order valence-corrected chi connectivity index (χ1v) is 4.19. The van der Waals surface area contributed by atoms with Crippen LogP contribution in [0.25, 0.3) is 0 Å². The molecule has 2 atom stereocenters. The lowest BCUT2D eigenvalue weighted by Crippen LogP contribution is -2.62. The Hall–Kier alpha value is -0.770. The molecule has 0 radical (unpaired) electrons. The summed E-state index contributed by atoms with van der Waals surface area (Å²) in [5.41, 5.74) is -0.270. The van der Waals surface area contributed by atoms with Gasteiger partial charge in [0.2, 0.25) is 0 Å². The lowest BCUT2D eigenvalue weighted by molar-refractivity contribution is -0.0227. The molecule has 3 N–H and O–H groups in total. The number of aliphatic hydroxyl groups is 1. The molecule has 0 bridgehead atoms. The molecule has 1 fully saturated rings. The molecule has 4 nitrogen and oxygen atoms in total. The van der Waals surface area contributed by atoms with Crippen LogP contribution in [0.4, 0.5) is 4.79 Å². The van der Waals surface area contributed by atoms with Crippen LogP contribution >= 0.6 is 0 Å². The summed E-state index contributed by atoms with van der Waals surface area (Å²) in [7, 11) is 0. The molecule has 1 saturated heterocycles. The first kappa shape index (κ1) is 9.32. The Balaban J connectivity index is 2.72. The van der Waals surface area contributed by atoms with Crippen LogP contribution in [-0.2, 0) is 0 Å². The minimum Gasteiger partial charge on any atom is -0.373 e. The molecule has 1 rings (SSSR count). The number of hydrogen-bond donors (Lipinski definition) is 3. The van der Waals surface area contributed by atoms with Gasteiger partial charge < -0.3 is 15.7 Å². The molecule has 0 aliphatic carbocycles. The Kier molecular flexibility index (Phi) is 2.28. The number of nitrogens with one attached hydrogen (secondary N) is 2. The van der Waals surface area contributed by atoms with Gasteiger partial charge in [-0.05, 0) is 5.92 Å². The predicted molar refractivity (Wildman–Crippen MR) is 45.5 cm³/mol. The van der Waals surface area contributed by atoms with Crippen molar-refractivity contribution in [3.63, 3.8) is 0 Å². The molecule has 12 heavy (non-hydrogen) atoms. The van der Waals surface area contributed by atoms with E-state index in [1.807, 2.05) is 20.8 Å². The van der Waals surface area contributed by atoms with Crippen LogP contribution in [0.2, 0.25) is 0 Å². The van der Waals surface area contributed by atoms with Gasteiger partial charge in [0, 0.05) is 12.0 Å². The van der Waals surface area contributed by atoms with Crippen LogP contribution in [-0.4, -0.2) is 23.9 Å². The number of rotatable bonds is 1. The normalized spacial score (nSPS) is 36.1. The molecule has 0 spiro atoms. The van der Waals surface area contributed by atoms with Gasteiger partial charge in [-0.3, -0.25) is 0 Å². The van der Waals surface area contributed by atoms with Gasteiger partial charge in [-0.1, -0.05) is 20.8 Å². The third-order valence-corrected chi connectivity index (χ3v) is 2.84. The summed E-state index contributed by atoms with van der Waals surface area (Å²) in [5.74, 6) is 0.320. The fraction of sp³-hybridized carbons (Fsp3) is 0.875. The molecule has 70 valence electrons. The second kappa shape index (κ2) is 2.94. The highest BCUT2D eigenvalue weighted by Gasteiger charge is 2.40. The molecule has 0 saturated carbocycles. The average molecular weight is 172 g/mol. The van der Waals surface area contributed by atoms with E-state index in [-0.39, 0.29) is 11.4 Å². The smallest absolute Gasteiger partial charge is 0.316 e. The van der Waals surface area contributed by atoms with E-state index < -0.39 is 6.23 Å². The summed E-state index contributed by atoms with van der Waals surface area (Å²) in [6.07, 6.45) is -0.744. The minimum atomic E-state index is -0.744. The third-order valence-electron chi connectivity index (χ3n) is 2.84. The maximum absolute atomic E-state index is 10.8. The SMILES string of the molecule is CC(C)C1(C)CNC(=O)NC1O. The second-order valence-electron chi connectivity index (χ2n) is 3.89. The van der Waals surface area contributed by atoms with Crippen molar-refractivity contribution in [2.75, 3.05) is 6.54 Å². The van der Waals surface area contributed by atoms with E-state index in [4.69, 9.17) is 0 Å². The Morgan fingerprint density at radius 2 is 2.25 bits per heavy atom. The van der Waals surface area contributed by atoms with Crippen LogP contribution in [0, 0.1) is 11.3 Å². The summed E-state index contributed by atoms with van der Waals surface area (Å²) in [5, 5.41) is 14.7. The first-order valence-electron chi connectivity index (χ1n) is 4.19. The van der Waals surface area contributed by atoms with E-state index >= 15 is 0 Å². The number of urea groups is 1. The van der Waals surface area contributed by atoms with Crippen molar-refractivity contribution >= 4 is 6.03 Å². The molecular formula is C8H16N2O2. The predicted octanol–water partition coefficient (Wildman–Crippen LogP) is 0.280. The summed E-state index contributed by atoms with van der Waals surface area (Å²) in [6.45, 7) is 6.54. The van der Waals surface area contributed by atoms with Gasteiger partial charge in [-0.15, -0.1) is 0 Å². The van der Waals surface area contributed by atoms with Crippen molar-refractivity contribution in [1.29, 1.82) is 0 Å². The summed E-state index contributed by atoms with van der Waals surface area (Å²) in [4.78, 5) is 10.8. The Morgan fingerprint density at radius 3 is 2.67 bits per heavy atom. The molecular weight excluding hydrogens is 156 g/mol. The number of aliphatic hydroxyl groups excluding tert-OH is 1. The average Bonchev–Trinajstić information content (AvgIpc) is 1.97. The Bertz CT molecular complexity index is 193. The molecule has 2 unspecified atom stereocenters. The maximum atomic E-state index is 10.8. The highest BCUT2D eigenvalue weighted by atomic mass is 16.3. The van der Waals surface area contributed by atoms with Gasteiger partial charge in [0.1, 0.15) is 6.23 Å². The van der Waals surface area contributed by atoms with E-state index in [1.54, 1.807) is 0 Å². The number of amides is 2. The van der Waals surface area contributed by atoms with Crippen LogP contribution < -0.4 is 10.6 Å². The van der Waals surface area contributed by atoms with E-state index in [0.29, 0.717) is 12.5 Å². The Morgan fingerprint density at radius 1 is 1.67 bits per heavy atom. The third kappa shape index (κ3) is 1.39. The number of carbonyl (C=O) groups is 1. The van der Waals surface area contributed by atoms with Gasteiger partial charge in [-0.25, -0.2) is 4.79 Å². The van der Waals surface area contributed by atoms with Crippen molar-refractivity contribution in [1.82, 2.24) is 10.6 Å². The molecule has 1 aliphatic rings.